The van der Waals surface area contributed by atoms with E-state index in [2.05, 4.69) is 35.2 Å². The number of likely N-dealkylation sites (tertiary alicyclic amines) is 1. The fraction of sp³-hybridized carbons (Fsp3) is 0.519. The van der Waals surface area contributed by atoms with Gasteiger partial charge in [0.25, 0.3) is 0 Å². The maximum Gasteiger partial charge on any atom is 0.226 e. The van der Waals surface area contributed by atoms with Crippen molar-refractivity contribution in [2.45, 2.75) is 69.2 Å². The highest BCUT2D eigenvalue weighted by molar-refractivity contribution is 5.78. The van der Waals surface area contributed by atoms with Crippen LogP contribution in [0.25, 0.3) is 0 Å². The maximum absolute atomic E-state index is 13.1. The smallest absolute Gasteiger partial charge is 0.226 e. The number of hydrogen-bond acceptors (Lipinski definition) is 3. The van der Waals surface area contributed by atoms with Crippen LogP contribution < -0.4 is 0 Å². The normalized spacial score (nSPS) is 22.9. The molecule has 0 bridgehead atoms. The molecule has 4 nitrogen and oxygen atoms in total. The van der Waals surface area contributed by atoms with Crippen molar-refractivity contribution in [2.75, 3.05) is 19.7 Å². The average Bonchev–Trinajstić information content (AvgIpc) is 3.65. The van der Waals surface area contributed by atoms with Crippen LogP contribution >= 0.6 is 0 Å². The molecule has 0 N–H and O–H groups in total. The summed E-state index contributed by atoms with van der Waals surface area (Å²) in [5.74, 6) is -0.139. The predicted octanol–water partition coefficient (Wildman–Crippen LogP) is 4.57. The van der Waals surface area contributed by atoms with Gasteiger partial charge in [-0.05, 0) is 61.8 Å². The van der Waals surface area contributed by atoms with Gasteiger partial charge in [0, 0.05) is 38.3 Å². The second kappa shape index (κ2) is 9.32. The fourth-order valence-electron chi connectivity index (χ4n) is 5.44. The van der Waals surface area contributed by atoms with E-state index >= 15 is 0 Å². The maximum atomic E-state index is 13.1. The SMILES string of the molecule is O=C(Cc1ccc(F)cc1)N1CCC2(CC1)CC(N(Cc1ccccc1)C1CC1)CCO2. The molecular formula is C27H33FN2O2. The number of halogens is 1. The van der Waals surface area contributed by atoms with E-state index in [-0.39, 0.29) is 17.3 Å². The van der Waals surface area contributed by atoms with Crippen molar-refractivity contribution in [2.24, 2.45) is 0 Å². The van der Waals surface area contributed by atoms with E-state index in [0.717, 1.165) is 57.5 Å². The zero-order valence-corrected chi connectivity index (χ0v) is 18.7. The summed E-state index contributed by atoms with van der Waals surface area (Å²) < 4.78 is 19.5. The van der Waals surface area contributed by atoms with Crippen LogP contribution in [0.15, 0.2) is 54.6 Å². The first-order valence-corrected chi connectivity index (χ1v) is 12.1. The van der Waals surface area contributed by atoms with Gasteiger partial charge in [0.05, 0.1) is 12.0 Å². The molecule has 5 rings (SSSR count). The lowest BCUT2D eigenvalue weighted by Gasteiger charge is -2.48. The summed E-state index contributed by atoms with van der Waals surface area (Å²) in [5.41, 5.74) is 2.16. The topological polar surface area (TPSA) is 32.8 Å². The lowest BCUT2D eigenvalue weighted by atomic mass is 9.81. The monoisotopic (exact) mass is 436 g/mol. The fourth-order valence-corrected chi connectivity index (χ4v) is 5.44. The Labute approximate surface area is 190 Å². The van der Waals surface area contributed by atoms with Crippen LogP contribution in [0.2, 0.25) is 0 Å². The van der Waals surface area contributed by atoms with Gasteiger partial charge in [0.1, 0.15) is 5.82 Å². The highest BCUT2D eigenvalue weighted by atomic mass is 19.1. The van der Waals surface area contributed by atoms with E-state index in [1.165, 1.54) is 30.5 Å². The largest absolute Gasteiger partial charge is 0.375 e. The van der Waals surface area contributed by atoms with Crippen LogP contribution in [-0.4, -0.2) is 53.1 Å². The molecule has 1 amide bonds. The molecule has 1 unspecified atom stereocenters. The number of carbonyl (C=O) groups excluding carboxylic acids is 1. The molecule has 2 aliphatic heterocycles. The molecule has 2 heterocycles. The summed E-state index contributed by atoms with van der Waals surface area (Å²) in [4.78, 5) is 17.5. The number of benzene rings is 2. The zero-order chi connectivity index (χ0) is 22.0. The molecule has 32 heavy (non-hydrogen) atoms. The second-order valence-corrected chi connectivity index (χ2v) is 9.75. The van der Waals surface area contributed by atoms with Crippen LogP contribution in [0.4, 0.5) is 4.39 Å². The standard InChI is InChI=1S/C27H33FN2O2/c28-23-8-6-21(7-9-23)18-26(31)29-15-13-27(14-16-29)19-25(12-17-32-27)30(24-10-11-24)20-22-4-2-1-3-5-22/h1-9,24-25H,10-20H2. The Bertz CT molecular complexity index is 905. The number of ether oxygens (including phenoxy) is 1. The average molecular weight is 437 g/mol. The Hall–Kier alpha value is -2.24. The molecule has 3 fully saturated rings. The number of amides is 1. The highest BCUT2D eigenvalue weighted by Crippen LogP contribution is 2.40. The van der Waals surface area contributed by atoms with Gasteiger partial charge in [-0.3, -0.25) is 9.69 Å². The summed E-state index contributed by atoms with van der Waals surface area (Å²) in [6, 6.07) is 18.3. The molecule has 1 saturated carbocycles. The minimum absolute atomic E-state index is 0.0978. The number of hydrogen-bond donors (Lipinski definition) is 0. The number of nitrogens with zero attached hydrogens (tertiary/aromatic N) is 2. The van der Waals surface area contributed by atoms with Gasteiger partial charge in [-0.25, -0.2) is 4.39 Å². The Morgan fingerprint density at radius 1 is 0.969 bits per heavy atom. The molecule has 1 spiro atoms. The molecule has 0 aromatic heterocycles. The Kier molecular flexibility index (Phi) is 6.29. The van der Waals surface area contributed by atoms with Crippen LogP contribution in [0, 0.1) is 5.82 Å². The number of piperidine rings is 1. The third-order valence-corrected chi connectivity index (χ3v) is 7.46. The van der Waals surface area contributed by atoms with Gasteiger partial charge in [-0.2, -0.15) is 0 Å². The molecule has 1 atom stereocenters. The molecule has 2 aromatic carbocycles. The highest BCUT2D eigenvalue weighted by Gasteiger charge is 2.44. The lowest BCUT2D eigenvalue weighted by molar-refractivity contribution is -0.149. The summed E-state index contributed by atoms with van der Waals surface area (Å²) in [6.07, 6.45) is 6.93. The Morgan fingerprint density at radius 3 is 2.38 bits per heavy atom. The third-order valence-electron chi connectivity index (χ3n) is 7.46. The molecule has 1 aliphatic carbocycles. The summed E-state index contributed by atoms with van der Waals surface area (Å²) in [7, 11) is 0. The summed E-state index contributed by atoms with van der Waals surface area (Å²) in [5, 5.41) is 0. The van der Waals surface area contributed by atoms with Crippen LogP contribution in [0.5, 0.6) is 0 Å². The number of carbonyl (C=O) groups is 1. The van der Waals surface area contributed by atoms with E-state index < -0.39 is 0 Å². The van der Waals surface area contributed by atoms with Gasteiger partial charge in [0.15, 0.2) is 0 Å². The van der Waals surface area contributed by atoms with Crippen molar-refractivity contribution >= 4 is 5.91 Å². The predicted molar refractivity (Wildman–Crippen MR) is 123 cm³/mol. The summed E-state index contributed by atoms with van der Waals surface area (Å²) >= 11 is 0. The van der Waals surface area contributed by atoms with Crippen molar-refractivity contribution in [3.05, 3.63) is 71.5 Å². The van der Waals surface area contributed by atoms with Crippen molar-refractivity contribution in [3.63, 3.8) is 0 Å². The minimum atomic E-state index is -0.266. The van der Waals surface area contributed by atoms with Crippen molar-refractivity contribution in [3.8, 4) is 0 Å². The molecule has 5 heteroatoms. The minimum Gasteiger partial charge on any atom is -0.375 e. The first-order valence-electron chi connectivity index (χ1n) is 12.1. The van der Waals surface area contributed by atoms with E-state index in [0.29, 0.717) is 18.5 Å². The van der Waals surface area contributed by atoms with Gasteiger partial charge < -0.3 is 9.64 Å². The van der Waals surface area contributed by atoms with Crippen molar-refractivity contribution in [1.29, 1.82) is 0 Å². The zero-order valence-electron chi connectivity index (χ0n) is 18.7. The molecule has 170 valence electrons. The molecule has 3 aliphatic rings. The van der Waals surface area contributed by atoms with E-state index in [1.54, 1.807) is 12.1 Å². The van der Waals surface area contributed by atoms with Crippen LogP contribution in [-0.2, 0) is 22.5 Å². The summed E-state index contributed by atoms with van der Waals surface area (Å²) in [6.45, 7) is 3.32. The van der Waals surface area contributed by atoms with E-state index in [4.69, 9.17) is 4.74 Å². The molecular weight excluding hydrogens is 403 g/mol. The van der Waals surface area contributed by atoms with Gasteiger partial charge in [-0.15, -0.1) is 0 Å². The second-order valence-electron chi connectivity index (χ2n) is 9.75. The molecule has 0 radical (unpaired) electrons. The quantitative estimate of drug-likeness (QED) is 0.665. The lowest BCUT2D eigenvalue weighted by Crippen LogP contribution is -2.54. The van der Waals surface area contributed by atoms with Crippen LogP contribution in [0.1, 0.15) is 49.7 Å². The van der Waals surface area contributed by atoms with Crippen molar-refractivity contribution in [1.82, 2.24) is 9.80 Å². The first-order chi connectivity index (χ1) is 15.6. The molecule has 2 aromatic rings. The third kappa shape index (κ3) is 5.05. The Balaban J connectivity index is 1.19. The van der Waals surface area contributed by atoms with Gasteiger partial charge in [0.2, 0.25) is 5.91 Å². The van der Waals surface area contributed by atoms with E-state index in [9.17, 15) is 9.18 Å². The number of rotatable bonds is 6. The first kappa shape index (κ1) is 21.6. The van der Waals surface area contributed by atoms with Gasteiger partial charge in [-0.1, -0.05) is 42.5 Å². The molecule has 2 saturated heterocycles. The van der Waals surface area contributed by atoms with Crippen LogP contribution in [0.3, 0.4) is 0 Å². The Morgan fingerprint density at radius 2 is 1.69 bits per heavy atom. The van der Waals surface area contributed by atoms with Gasteiger partial charge >= 0.3 is 0 Å². The van der Waals surface area contributed by atoms with Crippen molar-refractivity contribution < 1.29 is 13.9 Å². The van der Waals surface area contributed by atoms with E-state index in [1.807, 2.05) is 4.90 Å².